The van der Waals surface area contributed by atoms with E-state index in [1.807, 2.05) is 43.3 Å². The molecule has 5 nitrogen and oxygen atoms in total. The summed E-state index contributed by atoms with van der Waals surface area (Å²) in [5, 5.41) is 9.31. The predicted molar refractivity (Wildman–Crippen MR) is 107 cm³/mol. The quantitative estimate of drug-likeness (QED) is 0.492. The number of para-hydroxylation sites is 2. The first-order chi connectivity index (χ1) is 12.7. The number of nitrogens with zero attached hydrogens (tertiary/aromatic N) is 1. The SMILES string of the molecule is CC(NC(=O)NCCc1csc2ccccc12)c1nc2ccccc2[nH]1. The Balaban J connectivity index is 1.32. The smallest absolute Gasteiger partial charge is 0.315 e. The Morgan fingerprint density at radius 1 is 1.19 bits per heavy atom. The molecule has 0 radical (unpaired) electrons. The van der Waals surface area contributed by atoms with E-state index < -0.39 is 0 Å². The van der Waals surface area contributed by atoms with Gasteiger partial charge in [-0.3, -0.25) is 0 Å². The third-order valence-electron chi connectivity index (χ3n) is 4.41. The number of rotatable bonds is 5. The first kappa shape index (κ1) is 16.6. The Bertz CT molecular complexity index is 1020. The lowest BCUT2D eigenvalue weighted by Gasteiger charge is -2.12. The number of nitrogens with one attached hydrogen (secondary N) is 3. The number of benzene rings is 2. The molecular weight excluding hydrogens is 344 g/mol. The Hall–Kier alpha value is -2.86. The summed E-state index contributed by atoms with van der Waals surface area (Å²) >= 11 is 1.74. The van der Waals surface area contributed by atoms with E-state index >= 15 is 0 Å². The van der Waals surface area contributed by atoms with Crippen molar-refractivity contribution in [2.75, 3.05) is 6.54 Å². The molecule has 0 fully saturated rings. The third-order valence-corrected chi connectivity index (χ3v) is 5.42. The molecule has 26 heavy (non-hydrogen) atoms. The summed E-state index contributed by atoms with van der Waals surface area (Å²) in [4.78, 5) is 19.9. The van der Waals surface area contributed by atoms with Crippen LogP contribution in [0.1, 0.15) is 24.4 Å². The summed E-state index contributed by atoms with van der Waals surface area (Å²) in [5.74, 6) is 0.755. The molecule has 3 N–H and O–H groups in total. The lowest BCUT2D eigenvalue weighted by molar-refractivity contribution is 0.237. The minimum absolute atomic E-state index is 0.183. The maximum Gasteiger partial charge on any atom is 0.315 e. The van der Waals surface area contributed by atoms with Gasteiger partial charge in [0.15, 0.2) is 0 Å². The molecule has 2 aromatic heterocycles. The second kappa shape index (κ2) is 7.17. The highest BCUT2D eigenvalue weighted by atomic mass is 32.1. The van der Waals surface area contributed by atoms with Crippen molar-refractivity contribution < 1.29 is 4.79 Å². The Morgan fingerprint density at radius 2 is 2.00 bits per heavy atom. The number of hydrogen-bond acceptors (Lipinski definition) is 3. The Kier molecular flexibility index (Phi) is 4.58. The number of imidazole rings is 1. The van der Waals surface area contributed by atoms with Crippen LogP contribution in [0.15, 0.2) is 53.9 Å². The van der Waals surface area contributed by atoms with Gasteiger partial charge in [0.1, 0.15) is 5.82 Å². The normalized spacial score (nSPS) is 12.3. The van der Waals surface area contributed by atoms with Crippen LogP contribution in [0.2, 0.25) is 0 Å². The van der Waals surface area contributed by atoms with Crippen LogP contribution in [0.5, 0.6) is 0 Å². The standard InChI is InChI=1S/C20H20N4OS/c1-13(19-23-16-7-3-4-8-17(16)24-19)22-20(25)21-11-10-14-12-26-18-9-5-2-6-15(14)18/h2-9,12-13H,10-11H2,1H3,(H,23,24)(H2,21,22,25). The lowest BCUT2D eigenvalue weighted by Crippen LogP contribution is -2.38. The Morgan fingerprint density at radius 3 is 2.88 bits per heavy atom. The highest BCUT2D eigenvalue weighted by Crippen LogP contribution is 2.25. The van der Waals surface area contributed by atoms with Crippen LogP contribution in [-0.2, 0) is 6.42 Å². The Labute approximate surface area is 155 Å². The molecule has 2 amide bonds. The fourth-order valence-corrected chi connectivity index (χ4v) is 4.03. The van der Waals surface area contributed by atoms with Crippen molar-refractivity contribution in [1.82, 2.24) is 20.6 Å². The molecule has 0 aliphatic rings. The molecule has 0 saturated carbocycles. The van der Waals surface area contributed by atoms with Gasteiger partial charge in [-0.25, -0.2) is 9.78 Å². The number of carbonyl (C=O) groups excluding carboxylic acids is 1. The zero-order valence-electron chi connectivity index (χ0n) is 14.5. The first-order valence-corrected chi connectivity index (χ1v) is 9.53. The van der Waals surface area contributed by atoms with E-state index in [2.05, 4.69) is 38.1 Å². The molecule has 4 aromatic rings. The number of aromatic nitrogens is 2. The summed E-state index contributed by atoms with van der Waals surface area (Å²) in [6.45, 7) is 2.52. The van der Waals surface area contributed by atoms with Crippen molar-refractivity contribution >= 4 is 38.5 Å². The van der Waals surface area contributed by atoms with Crippen molar-refractivity contribution in [2.45, 2.75) is 19.4 Å². The summed E-state index contributed by atoms with van der Waals surface area (Å²) in [5.41, 5.74) is 3.15. The fraction of sp³-hybridized carbons (Fsp3) is 0.200. The molecule has 6 heteroatoms. The molecule has 0 saturated heterocycles. The number of urea groups is 1. The van der Waals surface area contributed by atoms with E-state index in [0.29, 0.717) is 6.54 Å². The second-order valence-electron chi connectivity index (χ2n) is 6.27. The van der Waals surface area contributed by atoms with Gasteiger partial charge in [0, 0.05) is 11.2 Å². The van der Waals surface area contributed by atoms with Crippen LogP contribution in [0.3, 0.4) is 0 Å². The lowest BCUT2D eigenvalue weighted by atomic mass is 10.1. The van der Waals surface area contributed by atoms with Crippen LogP contribution in [0, 0.1) is 0 Å². The van der Waals surface area contributed by atoms with E-state index in [-0.39, 0.29) is 12.1 Å². The maximum absolute atomic E-state index is 12.2. The fourth-order valence-electron chi connectivity index (χ4n) is 3.03. The van der Waals surface area contributed by atoms with Gasteiger partial charge >= 0.3 is 6.03 Å². The van der Waals surface area contributed by atoms with Crippen molar-refractivity contribution in [2.24, 2.45) is 0 Å². The zero-order chi connectivity index (χ0) is 17.9. The molecule has 132 valence electrons. The molecule has 0 spiro atoms. The molecule has 0 aliphatic carbocycles. The van der Waals surface area contributed by atoms with Crippen LogP contribution >= 0.6 is 11.3 Å². The largest absolute Gasteiger partial charge is 0.340 e. The van der Waals surface area contributed by atoms with Gasteiger partial charge in [0.25, 0.3) is 0 Å². The summed E-state index contributed by atoms with van der Waals surface area (Å²) in [6.07, 6.45) is 0.816. The average Bonchev–Trinajstić information content (AvgIpc) is 3.26. The maximum atomic E-state index is 12.2. The molecule has 1 atom stereocenters. The van der Waals surface area contributed by atoms with Gasteiger partial charge < -0.3 is 15.6 Å². The molecule has 2 heterocycles. The van der Waals surface area contributed by atoms with Crippen molar-refractivity contribution in [3.05, 3.63) is 65.3 Å². The minimum Gasteiger partial charge on any atom is -0.340 e. The second-order valence-corrected chi connectivity index (χ2v) is 7.18. The predicted octanol–water partition coefficient (Wildman–Crippen LogP) is 4.38. The van der Waals surface area contributed by atoms with Gasteiger partial charge in [-0.1, -0.05) is 30.3 Å². The van der Waals surface area contributed by atoms with E-state index in [1.165, 1.54) is 15.6 Å². The molecule has 4 rings (SSSR count). The summed E-state index contributed by atoms with van der Waals surface area (Å²) in [6, 6.07) is 15.8. The summed E-state index contributed by atoms with van der Waals surface area (Å²) < 4.78 is 1.28. The number of thiophene rings is 1. The third kappa shape index (κ3) is 3.41. The van der Waals surface area contributed by atoms with Gasteiger partial charge in [-0.15, -0.1) is 11.3 Å². The molecule has 0 aliphatic heterocycles. The van der Waals surface area contributed by atoms with Crippen LogP contribution in [0.25, 0.3) is 21.1 Å². The number of carbonyl (C=O) groups is 1. The molecule has 1 unspecified atom stereocenters. The van der Waals surface area contributed by atoms with Crippen molar-refractivity contribution in [3.63, 3.8) is 0 Å². The number of hydrogen-bond donors (Lipinski definition) is 3. The van der Waals surface area contributed by atoms with Crippen LogP contribution < -0.4 is 10.6 Å². The molecule has 0 bridgehead atoms. The van der Waals surface area contributed by atoms with Crippen molar-refractivity contribution in [3.8, 4) is 0 Å². The highest BCUT2D eigenvalue weighted by Gasteiger charge is 2.13. The van der Waals surface area contributed by atoms with Crippen molar-refractivity contribution in [1.29, 1.82) is 0 Å². The van der Waals surface area contributed by atoms with E-state index in [9.17, 15) is 4.79 Å². The topological polar surface area (TPSA) is 69.8 Å². The monoisotopic (exact) mass is 364 g/mol. The van der Waals surface area contributed by atoms with E-state index in [0.717, 1.165) is 23.3 Å². The van der Waals surface area contributed by atoms with Gasteiger partial charge in [-0.2, -0.15) is 0 Å². The van der Waals surface area contributed by atoms with Gasteiger partial charge in [0.2, 0.25) is 0 Å². The molecular formula is C20H20N4OS. The zero-order valence-corrected chi connectivity index (χ0v) is 15.3. The van der Waals surface area contributed by atoms with Crippen LogP contribution in [-0.4, -0.2) is 22.5 Å². The number of amides is 2. The average molecular weight is 364 g/mol. The molecule has 2 aromatic carbocycles. The van der Waals surface area contributed by atoms with E-state index in [4.69, 9.17) is 0 Å². The number of aromatic amines is 1. The van der Waals surface area contributed by atoms with E-state index in [1.54, 1.807) is 11.3 Å². The summed E-state index contributed by atoms with van der Waals surface area (Å²) in [7, 11) is 0. The first-order valence-electron chi connectivity index (χ1n) is 8.65. The number of fused-ring (bicyclic) bond motifs is 2. The van der Waals surface area contributed by atoms with Gasteiger partial charge in [-0.05, 0) is 47.9 Å². The van der Waals surface area contributed by atoms with Crippen LogP contribution in [0.4, 0.5) is 4.79 Å². The number of H-pyrrole nitrogens is 1. The minimum atomic E-state index is -0.190. The highest BCUT2D eigenvalue weighted by molar-refractivity contribution is 7.17. The van der Waals surface area contributed by atoms with Gasteiger partial charge in [0.05, 0.1) is 17.1 Å².